The molecule has 2 aliphatic rings. The van der Waals surface area contributed by atoms with Crippen molar-refractivity contribution >= 4 is 14.6 Å². The maximum Gasteiger partial charge on any atom is 0.320 e. The number of nitrogens with zero attached hydrogens (tertiary/aromatic N) is 4. The van der Waals surface area contributed by atoms with Crippen molar-refractivity contribution in [2.75, 3.05) is 54.7 Å². The van der Waals surface area contributed by atoms with E-state index in [1.165, 1.54) is 0 Å². The molecule has 4 unspecified atom stereocenters. The van der Waals surface area contributed by atoms with Crippen molar-refractivity contribution in [2.45, 2.75) is 69.5 Å². The van der Waals surface area contributed by atoms with Crippen molar-refractivity contribution in [1.29, 1.82) is 5.26 Å². The average Bonchev–Trinajstić information content (AvgIpc) is 3.63. The quantitative estimate of drug-likeness (QED) is 0.0898. The third-order valence-electron chi connectivity index (χ3n) is 9.45. The smallest absolute Gasteiger partial charge is 0.320 e. The lowest BCUT2D eigenvalue weighted by Gasteiger charge is -2.41. The van der Waals surface area contributed by atoms with Gasteiger partial charge in [-0.15, -0.1) is 0 Å². The standard InChI is InChI=1S/C39H51N4O7P/c1-28(2)43(29(3)4)51(49-24-12-23-40)50-36-35-25-47-38(36,26-42(35)37(44)41(5)6)27-48-39(30-13-10-9-11-14-30,31-15-19-33(45-7)20-16-31)32-17-21-34(46-8)22-18-32/h9-11,13-22,28-29,35-36H,12,24-27H2,1-8H3. The zero-order valence-electron chi connectivity index (χ0n) is 30.9. The van der Waals surface area contributed by atoms with Gasteiger partial charge < -0.3 is 37.8 Å². The largest absolute Gasteiger partial charge is 0.497 e. The fourth-order valence-electron chi connectivity index (χ4n) is 7.06. The van der Waals surface area contributed by atoms with E-state index in [2.05, 4.69) is 50.6 Å². The first-order valence-corrected chi connectivity index (χ1v) is 18.5. The Bertz CT molecular complexity index is 1560. The van der Waals surface area contributed by atoms with Crippen LogP contribution in [0.1, 0.15) is 50.8 Å². The lowest BCUT2D eigenvalue weighted by molar-refractivity contribution is -0.132. The van der Waals surface area contributed by atoms with Gasteiger partial charge in [0.1, 0.15) is 28.8 Å². The molecule has 0 N–H and O–H groups in total. The van der Waals surface area contributed by atoms with Gasteiger partial charge in [-0.3, -0.25) is 0 Å². The molecule has 2 fully saturated rings. The molecule has 2 amide bonds. The Hall–Kier alpha value is -3.75. The predicted molar refractivity (Wildman–Crippen MR) is 197 cm³/mol. The highest BCUT2D eigenvalue weighted by Gasteiger charge is 2.64. The second-order valence-electron chi connectivity index (χ2n) is 13.6. The van der Waals surface area contributed by atoms with E-state index >= 15 is 0 Å². The van der Waals surface area contributed by atoms with E-state index in [1.807, 2.05) is 71.6 Å². The zero-order chi connectivity index (χ0) is 36.8. The summed E-state index contributed by atoms with van der Waals surface area (Å²) in [6, 6.07) is 27.7. The number of ether oxygens (including phenoxy) is 4. The lowest BCUT2D eigenvalue weighted by Crippen LogP contribution is -2.52. The minimum absolute atomic E-state index is 0.0864. The molecule has 0 saturated carbocycles. The highest BCUT2D eigenvalue weighted by molar-refractivity contribution is 7.44. The normalized spacial score (nSPS) is 20.5. The second kappa shape index (κ2) is 16.7. The summed E-state index contributed by atoms with van der Waals surface area (Å²) >= 11 is 0. The summed E-state index contributed by atoms with van der Waals surface area (Å²) in [5.74, 6) is 1.45. The van der Waals surface area contributed by atoms with Gasteiger partial charge in [0.25, 0.3) is 8.53 Å². The Morgan fingerprint density at radius 1 is 0.941 bits per heavy atom. The van der Waals surface area contributed by atoms with Gasteiger partial charge in [0.2, 0.25) is 0 Å². The molecule has 12 heteroatoms. The number of rotatable bonds is 16. The van der Waals surface area contributed by atoms with Crippen molar-refractivity contribution in [3.63, 3.8) is 0 Å². The SMILES string of the molecule is COc1ccc(C(OCC23CN(C(=O)N(C)C)C(CO2)C3OP(OCCC#N)N(C(C)C)C(C)C)(c2ccccc2)c2ccc(OC)cc2)cc1. The number of hydrogen-bond donors (Lipinski definition) is 0. The molecular formula is C39H51N4O7P. The van der Waals surface area contributed by atoms with Crippen molar-refractivity contribution in [3.8, 4) is 17.6 Å². The summed E-state index contributed by atoms with van der Waals surface area (Å²) in [6.45, 7) is 9.27. The van der Waals surface area contributed by atoms with Crippen LogP contribution >= 0.6 is 8.53 Å². The molecule has 5 rings (SSSR count). The Morgan fingerprint density at radius 2 is 1.49 bits per heavy atom. The summed E-state index contributed by atoms with van der Waals surface area (Å²) < 4.78 is 40.7. The van der Waals surface area contributed by atoms with E-state index in [9.17, 15) is 10.1 Å². The van der Waals surface area contributed by atoms with Gasteiger partial charge in [0.05, 0.1) is 59.1 Å². The molecule has 0 aliphatic carbocycles. The number of benzene rings is 3. The van der Waals surface area contributed by atoms with Crippen LogP contribution in [0.15, 0.2) is 78.9 Å². The van der Waals surface area contributed by atoms with Crippen LogP contribution in [0, 0.1) is 11.3 Å². The molecule has 2 aliphatic heterocycles. The van der Waals surface area contributed by atoms with Gasteiger partial charge in [0.15, 0.2) is 0 Å². The number of urea groups is 1. The van der Waals surface area contributed by atoms with Crippen LogP contribution in [0.3, 0.4) is 0 Å². The summed E-state index contributed by atoms with van der Waals surface area (Å²) in [4.78, 5) is 17.1. The maximum atomic E-state index is 13.7. The summed E-state index contributed by atoms with van der Waals surface area (Å²) in [6.07, 6.45) is -0.339. The van der Waals surface area contributed by atoms with E-state index in [0.717, 1.165) is 28.2 Å². The molecule has 2 saturated heterocycles. The maximum absolute atomic E-state index is 13.7. The number of amides is 2. The van der Waals surface area contributed by atoms with Gasteiger partial charge >= 0.3 is 6.03 Å². The van der Waals surface area contributed by atoms with Crippen molar-refractivity contribution in [2.24, 2.45) is 0 Å². The number of methoxy groups -OCH3 is 2. The molecule has 0 aromatic heterocycles. The van der Waals surface area contributed by atoms with E-state index in [-0.39, 0.29) is 56.9 Å². The summed E-state index contributed by atoms with van der Waals surface area (Å²) in [5, 5.41) is 9.31. The number of likely N-dealkylation sites (tertiary alicyclic amines) is 1. The predicted octanol–water partition coefficient (Wildman–Crippen LogP) is 6.81. The molecule has 11 nitrogen and oxygen atoms in total. The average molecular weight is 719 g/mol. The molecule has 3 aromatic rings. The Balaban J connectivity index is 1.62. The van der Waals surface area contributed by atoms with Gasteiger partial charge in [-0.2, -0.15) is 5.26 Å². The Morgan fingerprint density at radius 3 is 1.98 bits per heavy atom. The number of nitriles is 1. The zero-order valence-corrected chi connectivity index (χ0v) is 31.8. The highest BCUT2D eigenvalue weighted by Crippen LogP contribution is 2.54. The van der Waals surface area contributed by atoms with Crippen molar-refractivity contribution in [1.82, 2.24) is 14.5 Å². The Labute approximate surface area is 303 Å². The van der Waals surface area contributed by atoms with Crippen LogP contribution in [0.5, 0.6) is 11.5 Å². The first-order chi connectivity index (χ1) is 24.5. The van der Waals surface area contributed by atoms with Crippen molar-refractivity contribution < 1.29 is 32.8 Å². The minimum atomic E-state index is -1.64. The third-order valence-corrected chi connectivity index (χ3v) is 11.6. The summed E-state index contributed by atoms with van der Waals surface area (Å²) in [5.41, 5.74) is 0.546. The van der Waals surface area contributed by atoms with Gasteiger partial charge in [-0.25, -0.2) is 9.46 Å². The van der Waals surface area contributed by atoms with Gasteiger partial charge in [-0.05, 0) is 68.7 Å². The molecule has 274 valence electrons. The molecule has 0 radical (unpaired) electrons. The van der Waals surface area contributed by atoms with Crippen LogP contribution in [-0.2, 0) is 24.1 Å². The fourth-order valence-corrected chi connectivity index (χ4v) is 8.90. The van der Waals surface area contributed by atoms with Crippen LogP contribution in [-0.4, -0.2) is 105 Å². The Kier molecular flexibility index (Phi) is 12.6. The molecular weight excluding hydrogens is 667 g/mol. The number of carbonyl (C=O) groups excluding carboxylic acids is 1. The minimum Gasteiger partial charge on any atom is -0.497 e. The van der Waals surface area contributed by atoms with Crippen LogP contribution < -0.4 is 9.47 Å². The van der Waals surface area contributed by atoms with E-state index < -0.39 is 25.8 Å². The molecule has 3 aromatic carbocycles. The molecule has 0 spiro atoms. The number of carbonyl (C=O) groups is 1. The van der Waals surface area contributed by atoms with Crippen LogP contribution in [0.4, 0.5) is 4.79 Å². The number of fused-ring (bicyclic) bond motifs is 2. The fraction of sp³-hybridized carbons (Fsp3) is 0.487. The topological polar surface area (TPSA) is 106 Å². The number of morpholine rings is 1. The first kappa shape index (κ1) is 38.5. The van der Waals surface area contributed by atoms with Crippen molar-refractivity contribution in [3.05, 3.63) is 95.6 Å². The van der Waals surface area contributed by atoms with Gasteiger partial charge in [0, 0.05) is 26.2 Å². The first-order valence-electron chi connectivity index (χ1n) is 17.4. The van der Waals surface area contributed by atoms with E-state index in [1.54, 1.807) is 33.2 Å². The lowest BCUT2D eigenvalue weighted by atomic mass is 9.79. The van der Waals surface area contributed by atoms with E-state index in [0.29, 0.717) is 0 Å². The highest BCUT2D eigenvalue weighted by atomic mass is 31.2. The van der Waals surface area contributed by atoms with Gasteiger partial charge in [-0.1, -0.05) is 54.6 Å². The second-order valence-corrected chi connectivity index (χ2v) is 15.0. The molecule has 2 bridgehead atoms. The van der Waals surface area contributed by atoms with Crippen LogP contribution in [0.25, 0.3) is 0 Å². The molecule has 51 heavy (non-hydrogen) atoms. The number of hydrogen-bond acceptors (Lipinski definition) is 9. The molecule has 4 atom stereocenters. The summed E-state index contributed by atoms with van der Waals surface area (Å²) in [7, 11) is 5.15. The van der Waals surface area contributed by atoms with Crippen LogP contribution in [0.2, 0.25) is 0 Å². The monoisotopic (exact) mass is 718 g/mol. The molecule has 2 heterocycles. The van der Waals surface area contributed by atoms with E-state index in [4.69, 9.17) is 28.0 Å². The third kappa shape index (κ3) is 7.87.